The quantitative estimate of drug-likeness (QED) is 0.691. The van der Waals surface area contributed by atoms with Gasteiger partial charge in [-0.1, -0.05) is 29.5 Å². The van der Waals surface area contributed by atoms with Crippen molar-refractivity contribution in [2.24, 2.45) is 0 Å². The molecule has 1 aliphatic rings. The summed E-state index contributed by atoms with van der Waals surface area (Å²) in [5.74, 6) is -0.501. The SMILES string of the molecule is CC(=O)OCC1O[C@@H](Sc2ccc(C)cc2)C(O)[C@@H](O)[C@H]1O. The Morgan fingerprint density at radius 3 is 2.41 bits per heavy atom. The predicted octanol–water partition coefficient (Wildman–Crippen LogP) is 0.458. The third kappa shape index (κ3) is 4.21. The van der Waals surface area contributed by atoms with Crippen molar-refractivity contribution in [1.29, 1.82) is 0 Å². The zero-order valence-corrected chi connectivity index (χ0v) is 13.2. The Morgan fingerprint density at radius 2 is 1.82 bits per heavy atom. The van der Waals surface area contributed by atoms with Gasteiger partial charge in [-0.25, -0.2) is 0 Å². The number of hydrogen-bond donors (Lipinski definition) is 3. The third-order valence-corrected chi connectivity index (χ3v) is 4.56. The normalized spacial score (nSPS) is 31.8. The Bertz CT molecular complexity index is 505. The molecule has 1 heterocycles. The van der Waals surface area contributed by atoms with Crippen LogP contribution in [0.5, 0.6) is 0 Å². The molecule has 22 heavy (non-hydrogen) atoms. The second-order valence-electron chi connectivity index (χ2n) is 5.25. The highest BCUT2D eigenvalue weighted by Gasteiger charge is 2.44. The Labute approximate surface area is 133 Å². The number of aliphatic hydroxyl groups is 3. The number of aryl methyl sites for hydroxylation is 1. The maximum Gasteiger partial charge on any atom is 0.302 e. The molecule has 0 aliphatic carbocycles. The van der Waals surface area contributed by atoms with Crippen LogP contribution in [0.25, 0.3) is 0 Å². The third-order valence-electron chi connectivity index (χ3n) is 3.39. The fraction of sp³-hybridized carbons (Fsp3) is 0.533. The van der Waals surface area contributed by atoms with Gasteiger partial charge in [0.2, 0.25) is 0 Å². The summed E-state index contributed by atoms with van der Waals surface area (Å²) in [6, 6.07) is 7.63. The van der Waals surface area contributed by atoms with Crippen LogP contribution < -0.4 is 0 Å². The minimum absolute atomic E-state index is 0.175. The number of benzene rings is 1. The van der Waals surface area contributed by atoms with Gasteiger partial charge in [-0.2, -0.15) is 0 Å². The van der Waals surface area contributed by atoms with E-state index in [0.717, 1.165) is 10.5 Å². The minimum atomic E-state index is -1.36. The Hall–Kier alpha value is -1.12. The molecule has 7 heteroatoms. The molecular weight excluding hydrogens is 308 g/mol. The molecule has 1 aliphatic heterocycles. The lowest BCUT2D eigenvalue weighted by atomic mass is 10.0. The average Bonchev–Trinajstić information content (AvgIpc) is 2.48. The molecule has 1 fully saturated rings. The Balaban J connectivity index is 2.05. The summed E-state index contributed by atoms with van der Waals surface area (Å²) in [6.07, 6.45) is -4.80. The summed E-state index contributed by atoms with van der Waals surface area (Å²) in [6.45, 7) is 3.04. The Morgan fingerprint density at radius 1 is 1.18 bits per heavy atom. The van der Waals surface area contributed by atoms with Gasteiger partial charge in [-0.05, 0) is 19.1 Å². The van der Waals surface area contributed by atoms with Gasteiger partial charge in [0.05, 0.1) is 0 Å². The zero-order valence-electron chi connectivity index (χ0n) is 12.4. The molecule has 0 radical (unpaired) electrons. The number of carbonyl (C=O) groups is 1. The first-order chi connectivity index (χ1) is 10.4. The van der Waals surface area contributed by atoms with Gasteiger partial charge in [0.25, 0.3) is 0 Å². The fourth-order valence-corrected chi connectivity index (χ4v) is 3.16. The molecule has 0 bridgehead atoms. The molecule has 3 N–H and O–H groups in total. The van der Waals surface area contributed by atoms with Crippen LogP contribution in [0.3, 0.4) is 0 Å². The molecule has 2 unspecified atom stereocenters. The number of ether oxygens (including phenoxy) is 2. The zero-order chi connectivity index (χ0) is 16.3. The molecule has 0 aromatic heterocycles. The van der Waals surface area contributed by atoms with E-state index in [2.05, 4.69) is 0 Å². The van der Waals surface area contributed by atoms with Gasteiger partial charge in [0, 0.05) is 11.8 Å². The maximum atomic E-state index is 10.9. The first-order valence-corrected chi connectivity index (χ1v) is 7.83. The highest BCUT2D eigenvalue weighted by atomic mass is 32.2. The molecule has 5 atom stereocenters. The minimum Gasteiger partial charge on any atom is -0.463 e. The molecule has 0 spiro atoms. The highest BCUT2D eigenvalue weighted by molar-refractivity contribution is 7.99. The largest absolute Gasteiger partial charge is 0.463 e. The number of esters is 1. The highest BCUT2D eigenvalue weighted by Crippen LogP contribution is 2.33. The first kappa shape index (κ1) is 17.2. The molecule has 1 aromatic rings. The van der Waals surface area contributed by atoms with E-state index in [9.17, 15) is 20.1 Å². The number of aliphatic hydroxyl groups excluding tert-OH is 3. The monoisotopic (exact) mass is 328 g/mol. The van der Waals surface area contributed by atoms with Gasteiger partial charge in [0.1, 0.15) is 36.5 Å². The van der Waals surface area contributed by atoms with Crippen molar-refractivity contribution in [3.8, 4) is 0 Å². The fourth-order valence-electron chi connectivity index (χ4n) is 2.10. The lowest BCUT2D eigenvalue weighted by Crippen LogP contribution is -2.57. The average molecular weight is 328 g/mol. The lowest BCUT2D eigenvalue weighted by molar-refractivity contribution is -0.210. The van der Waals surface area contributed by atoms with Crippen molar-refractivity contribution >= 4 is 17.7 Å². The van der Waals surface area contributed by atoms with Crippen LogP contribution in [0, 0.1) is 6.92 Å². The summed E-state index contributed by atoms with van der Waals surface area (Å²) in [5, 5.41) is 29.9. The van der Waals surface area contributed by atoms with E-state index in [1.54, 1.807) is 0 Å². The second kappa shape index (κ2) is 7.43. The maximum absolute atomic E-state index is 10.9. The van der Waals surface area contributed by atoms with Gasteiger partial charge >= 0.3 is 5.97 Å². The summed E-state index contributed by atoms with van der Waals surface area (Å²) >= 11 is 1.24. The second-order valence-corrected chi connectivity index (χ2v) is 6.42. The van der Waals surface area contributed by atoms with E-state index in [0.29, 0.717) is 0 Å². The molecule has 122 valence electrons. The molecule has 1 aromatic carbocycles. The van der Waals surface area contributed by atoms with Crippen LogP contribution in [-0.2, 0) is 14.3 Å². The van der Waals surface area contributed by atoms with Gasteiger partial charge < -0.3 is 24.8 Å². The van der Waals surface area contributed by atoms with Crippen molar-refractivity contribution in [3.05, 3.63) is 29.8 Å². The van der Waals surface area contributed by atoms with E-state index in [-0.39, 0.29) is 6.61 Å². The molecule has 0 amide bonds. The van der Waals surface area contributed by atoms with Crippen LogP contribution in [0.2, 0.25) is 0 Å². The van der Waals surface area contributed by atoms with Crippen molar-refractivity contribution in [1.82, 2.24) is 0 Å². The Kier molecular flexibility index (Phi) is 5.82. The number of carbonyl (C=O) groups excluding carboxylic acids is 1. The number of thioether (sulfide) groups is 1. The molecular formula is C15H20O6S. The summed E-state index contributed by atoms with van der Waals surface area (Å²) in [4.78, 5) is 11.7. The summed E-state index contributed by atoms with van der Waals surface area (Å²) < 4.78 is 10.4. The van der Waals surface area contributed by atoms with Crippen molar-refractivity contribution in [2.75, 3.05) is 6.61 Å². The van der Waals surface area contributed by atoms with Crippen molar-refractivity contribution in [2.45, 2.75) is 48.6 Å². The van der Waals surface area contributed by atoms with E-state index in [1.807, 2.05) is 31.2 Å². The molecule has 1 saturated heterocycles. The van der Waals surface area contributed by atoms with Crippen LogP contribution in [-0.4, -0.2) is 57.7 Å². The van der Waals surface area contributed by atoms with Gasteiger partial charge in [0.15, 0.2) is 0 Å². The topological polar surface area (TPSA) is 96.2 Å². The number of rotatable bonds is 4. The van der Waals surface area contributed by atoms with Crippen molar-refractivity contribution < 1.29 is 29.6 Å². The molecule has 0 saturated carbocycles. The van der Waals surface area contributed by atoms with Crippen LogP contribution in [0.4, 0.5) is 0 Å². The van der Waals surface area contributed by atoms with Crippen LogP contribution in [0.15, 0.2) is 29.2 Å². The van der Waals surface area contributed by atoms with Crippen molar-refractivity contribution in [3.63, 3.8) is 0 Å². The van der Waals surface area contributed by atoms with E-state index < -0.39 is 35.8 Å². The smallest absolute Gasteiger partial charge is 0.302 e. The van der Waals surface area contributed by atoms with Crippen LogP contribution >= 0.6 is 11.8 Å². The van der Waals surface area contributed by atoms with E-state index >= 15 is 0 Å². The van der Waals surface area contributed by atoms with Gasteiger partial charge in [-0.3, -0.25) is 4.79 Å². The standard InChI is InChI=1S/C15H20O6S/c1-8-3-5-10(6-4-8)22-15-14(19)13(18)12(17)11(21-15)7-20-9(2)16/h3-6,11-15,17-19H,7H2,1-2H3/t11?,12-,13-,14?,15-/m0/s1. The molecule has 2 rings (SSSR count). The molecule has 6 nitrogen and oxygen atoms in total. The lowest BCUT2D eigenvalue weighted by Gasteiger charge is -2.39. The summed E-state index contributed by atoms with van der Waals surface area (Å²) in [5.41, 5.74) is 0.347. The summed E-state index contributed by atoms with van der Waals surface area (Å²) in [7, 11) is 0. The first-order valence-electron chi connectivity index (χ1n) is 6.95. The number of hydrogen-bond acceptors (Lipinski definition) is 7. The van der Waals surface area contributed by atoms with Gasteiger partial charge in [-0.15, -0.1) is 0 Å². The van der Waals surface area contributed by atoms with E-state index in [4.69, 9.17) is 9.47 Å². The van der Waals surface area contributed by atoms with Crippen LogP contribution in [0.1, 0.15) is 12.5 Å². The van der Waals surface area contributed by atoms with E-state index in [1.165, 1.54) is 18.7 Å². The predicted molar refractivity (Wildman–Crippen MR) is 80.4 cm³/mol.